The lowest BCUT2D eigenvalue weighted by atomic mass is 9.94. The largest absolute Gasteiger partial charge is 0.460 e. The van der Waals surface area contributed by atoms with Gasteiger partial charge in [-0.15, -0.1) is 11.8 Å². The number of methoxy groups -OCH3 is 1. The summed E-state index contributed by atoms with van der Waals surface area (Å²) in [5.41, 5.74) is 1.86. The molecule has 2 heterocycles. The molecule has 1 aromatic rings. The van der Waals surface area contributed by atoms with Crippen LogP contribution in [0.4, 0.5) is 0 Å². The SMILES string of the molecule is COCCOC(=O)C1=C(C)N=C2SCCC(=O)N2C1c1ccc(SC)cc1. The van der Waals surface area contributed by atoms with Gasteiger partial charge in [-0.05, 0) is 30.9 Å². The number of benzene rings is 1. The lowest BCUT2D eigenvalue weighted by molar-refractivity contribution is -0.141. The molecular weight excluding hydrogens is 384 g/mol. The zero-order chi connectivity index (χ0) is 19.4. The molecule has 1 saturated heterocycles. The fourth-order valence-corrected chi connectivity index (χ4v) is 4.47. The third-order valence-electron chi connectivity index (χ3n) is 4.38. The Morgan fingerprint density at radius 1 is 1.33 bits per heavy atom. The first-order valence-electron chi connectivity index (χ1n) is 8.61. The van der Waals surface area contributed by atoms with Crippen LogP contribution in [0.2, 0.25) is 0 Å². The molecule has 1 fully saturated rings. The average molecular weight is 407 g/mol. The summed E-state index contributed by atoms with van der Waals surface area (Å²) in [5, 5.41) is 0.649. The summed E-state index contributed by atoms with van der Waals surface area (Å²) in [5.74, 6) is 0.212. The number of amides is 1. The number of ether oxygens (including phenoxy) is 2. The second-order valence-corrected chi connectivity index (χ2v) is 8.00. The molecule has 3 rings (SSSR count). The van der Waals surface area contributed by atoms with Gasteiger partial charge in [-0.25, -0.2) is 9.79 Å². The van der Waals surface area contributed by atoms with Gasteiger partial charge < -0.3 is 9.47 Å². The van der Waals surface area contributed by atoms with E-state index >= 15 is 0 Å². The molecule has 27 heavy (non-hydrogen) atoms. The minimum absolute atomic E-state index is 0.0267. The Kier molecular flexibility index (Phi) is 6.62. The fourth-order valence-electron chi connectivity index (χ4n) is 3.05. The van der Waals surface area contributed by atoms with E-state index in [0.29, 0.717) is 35.2 Å². The number of thioether (sulfide) groups is 2. The molecular formula is C19H22N2O4S2. The Bertz CT molecular complexity index is 789. The highest BCUT2D eigenvalue weighted by Gasteiger charge is 2.41. The Labute approximate surface area is 167 Å². The maximum Gasteiger partial charge on any atom is 0.338 e. The first kappa shape index (κ1) is 20.0. The number of allylic oxidation sites excluding steroid dienone is 1. The average Bonchev–Trinajstić information content (AvgIpc) is 2.67. The van der Waals surface area contributed by atoms with Crippen LogP contribution >= 0.6 is 23.5 Å². The van der Waals surface area contributed by atoms with Crippen molar-refractivity contribution in [3.05, 3.63) is 41.1 Å². The van der Waals surface area contributed by atoms with Crippen LogP contribution in [0.5, 0.6) is 0 Å². The summed E-state index contributed by atoms with van der Waals surface area (Å²) in [6.45, 7) is 2.27. The number of hydrogen-bond donors (Lipinski definition) is 0. The molecule has 1 amide bonds. The van der Waals surface area contributed by atoms with Crippen molar-refractivity contribution in [2.45, 2.75) is 24.3 Å². The van der Waals surface area contributed by atoms with Crippen molar-refractivity contribution in [2.24, 2.45) is 4.99 Å². The van der Waals surface area contributed by atoms with E-state index in [2.05, 4.69) is 4.99 Å². The zero-order valence-electron chi connectivity index (χ0n) is 15.6. The lowest BCUT2D eigenvalue weighted by Crippen LogP contribution is -2.45. The quantitative estimate of drug-likeness (QED) is 0.410. The van der Waals surface area contributed by atoms with Gasteiger partial charge in [-0.2, -0.15) is 0 Å². The van der Waals surface area contributed by atoms with Gasteiger partial charge in [-0.3, -0.25) is 9.69 Å². The number of fused-ring (bicyclic) bond motifs is 1. The van der Waals surface area contributed by atoms with Crippen molar-refractivity contribution in [3.8, 4) is 0 Å². The second-order valence-electron chi connectivity index (χ2n) is 6.06. The molecule has 2 aliphatic rings. The number of carbonyl (C=O) groups excluding carboxylic acids is 2. The Morgan fingerprint density at radius 2 is 2.07 bits per heavy atom. The number of hydrogen-bond acceptors (Lipinski definition) is 7. The first-order chi connectivity index (χ1) is 13.1. The first-order valence-corrected chi connectivity index (χ1v) is 10.8. The van der Waals surface area contributed by atoms with Crippen LogP contribution in [-0.4, -0.2) is 54.3 Å². The molecule has 0 spiro atoms. The number of rotatable bonds is 6. The van der Waals surface area contributed by atoms with Crippen LogP contribution in [0.3, 0.4) is 0 Å². The monoisotopic (exact) mass is 406 g/mol. The van der Waals surface area contributed by atoms with Crippen molar-refractivity contribution < 1.29 is 19.1 Å². The minimum Gasteiger partial charge on any atom is -0.460 e. The van der Waals surface area contributed by atoms with Crippen molar-refractivity contribution in [3.63, 3.8) is 0 Å². The number of esters is 1. The molecule has 0 N–H and O–H groups in total. The molecule has 0 saturated carbocycles. The standard InChI is InChI=1S/C19H22N2O4S2/c1-12-16(18(23)25-10-9-24-2)17(13-4-6-14(26-3)7-5-13)21-15(22)8-11-27-19(21)20-12/h4-7,17H,8-11H2,1-3H3. The van der Waals surface area contributed by atoms with Gasteiger partial charge in [0, 0.05) is 24.2 Å². The van der Waals surface area contributed by atoms with E-state index in [4.69, 9.17) is 9.47 Å². The molecule has 0 bridgehead atoms. The maximum atomic E-state index is 12.8. The van der Waals surface area contributed by atoms with E-state index < -0.39 is 12.0 Å². The van der Waals surface area contributed by atoms with Crippen molar-refractivity contribution >= 4 is 40.6 Å². The predicted molar refractivity (Wildman–Crippen MR) is 108 cm³/mol. The molecule has 2 aliphatic heterocycles. The predicted octanol–water partition coefficient (Wildman–Crippen LogP) is 3.25. The summed E-state index contributed by atoms with van der Waals surface area (Å²) in [6.07, 6.45) is 2.43. The number of amidine groups is 1. The summed E-state index contributed by atoms with van der Waals surface area (Å²) in [4.78, 5) is 32.8. The second kappa shape index (κ2) is 8.95. The lowest BCUT2D eigenvalue weighted by Gasteiger charge is -2.38. The highest BCUT2D eigenvalue weighted by Crippen LogP contribution is 2.40. The van der Waals surface area contributed by atoms with E-state index in [-0.39, 0.29) is 12.5 Å². The van der Waals surface area contributed by atoms with Crippen molar-refractivity contribution in [2.75, 3.05) is 32.3 Å². The van der Waals surface area contributed by atoms with Crippen LogP contribution in [0, 0.1) is 0 Å². The van der Waals surface area contributed by atoms with Crippen LogP contribution in [0.15, 0.2) is 45.4 Å². The molecule has 6 nitrogen and oxygen atoms in total. The molecule has 0 radical (unpaired) electrons. The number of nitrogens with zero attached hydrogens (tertiary/aromatic N) is 2. The third-order valence-corrected chi connectivity index (χ3v) is 6.08. The van der Waals surface area contributed by atoms with E-state index in [1.165, 1.54) is 0 Å². The summed E-state index contributed by atoms with van der Waals surface area (Å²) in [6, 6.07) is 7.39. The number of carbonyl (C=O) groups is 2. The van der Waals surface area contributed by atoms with Gasteiger partial charge in [0.2, 0.25) is 5.91 Å². The number of aliphatic imine (C=N–C) groups is 1. The van der Waals surface area contributed by atoms with Crippen molar-refractivity contribution in [1.82, 2.24) is 4.90 Å². The molecule has 1 unspecified atom stereocenters. The van der Waals surface area contributed by atoms with Gasteiger partial charge in [0.05, 0.1) is 23.9 Å². The fraction of sp³-hybridized carbons (Fsp3) is 0.421. The minimum atomic E-state index is -0.524. The van der Waals surface area contributed by atoms with Crippen LogP contribution in [-0.2, 0) is 19.1 Å². The van der Waals surface area contributed by atoms with Gasteiger partial charge in [0.15, 0.2) is 5.17 Å². The topological polar surface area (TPSA) is 68.2 Å². The highest BCUT2D eigenvalue weighted by atomic mass is 32.2. The van der Waals surface area contributed by atoms with Gasteiger partial charge in [-0.1, -0.05) is 23.9 Å². The Balaban J connectivity index is 2.03. The molecule has 0 aromatic heterocycles. The van der Waals surface area contributed by atoms with Crippen molar-refractivity contribution in [1.29, 1.82) is 0 Å². The summed E-state index contributed by atoms with van der Waals surface area (Å²) >= 11 is 3.18. The van der Waals surface area contributed by atoms with E-state index in [1.807, 2.05) is 30.5 Å². The van der Waals surface area contributed by atoms with Crippen LogP contribution in [0.1, 0.15) is 24.9 Å². The third kappa shape index (κ3) is 4.23. The summed E-state index contributed by atoms with van der Waals surface area (Å²) in [7, 11) is 1.55. The molecule has 144 valence electrons. The Hall–Kier alpha value is -1.77. The summed E-state index contributed by atoms with van der Waals surface area (Å²) < 4.78 is 10.3. The molecule has 8 heteroatoms. The zero-order valence-corrected chi connectivity index (χ0v) is 17.2. The molecule has 0 aliphatic carbocycles. The van der Waals surface area contributed by atoms with E-state index in [1.54, 1.807) is 42.5 Å². The smallest absolute Gasteiger partial charge is 0.338 e. The highest BCUT2D eigenvalue weighted by molar-refractivity contribution is 8.14. The normalized spacial score (nSPS) is 19.7. The van der Waals surface area contributed by atoms with Gasteiger partial charge in [0.1, 0.15) is 6.61 Å². The van der Waals surface area contributed by atoms with Crippen LogP contribution < -0.4 is 0 Å². The van der Waals surface area contributed by atoms with E-state index in [0.717, 1.165) is 10.5 Å². The van der Waals surface area contributed by atoms with Gasteiger partial charge >= 0.3 is 5.97 Å². The molecule has 1 atom stereocenters. The van der Waals surface area contributed by atoms with Crippen LogP contribution in [0.25, 0.3) is 0 Å². The molecule has 1 aromatic carbocycles. The van der Waals surface area contributed by atoms with Gasteiger partial charge in [0.25, 0.3) is 0 Å². The van der Waals surface area contributed by atoms with E-state index in [9.17, 15) is 9.59 Å². The Morgan fingerprint density at radius 3 is 2.74 bits per heavy atom. The maximum absolute atomic E-state index is 12.8.